The zero-order valence-corrected chi connectivity index (χ0v) is 24.6. The fraction of sp³-hybridized carbons (Fsp3) is 0.879. The van der Waals surface area contributed by atoms with E-state index < -0.39 is 0 Å². The number of rotatable bonds is 25. The number of aryl methyl sites for hydroxylation is 3. The molecule has 0 amide bonds. The van der Waals surface area contributed by atoms with Crippen LogP contribution in [-0.2, 0) is 25.7 Å². The summed E-state index contributed by atoms with van der Waals surface area (Å²) in [4.78, 5) is 10.2. The number of hydrogen-bond donors (Lipinski definition) is 0. The minimum atomic E-state index is 0.964. The third-order valence-corrected chi connectivity index (χ3v) is 7.61. The van der Waals surface area contributed by atoms with Crippen molar-refractivity contribution >= 4 is 0 Å². The summed E-state index contributed by atoms with van der Waals surface area (Å²) in [5.74, 6) is 1.09. The van der Waals surface area contributed by atoms with Gasteiger partial charge in [0.25, 0.3) is 0 Å². The van der Waals surface area contributed by atoms with Crippen LogP contribution in [0.1, 0.15) is 185 Å². The SMILES string of the molecule is CCCCCCCCCc1nc(CC)nc(CCCCCCCCC)c1CCCCCCCCC. The predicted octanol–water partition coefficient (Wildman–Crippen LogP) is 10.9. The van der Waals surface area contributed by atoms with Gasteiger partial charge in [0, 0.05) is 17.8 Å². The molecule has 0 radical (unpaired) electrons. The first-order chi connectivity index (χ1) is 17.3. The molecule has 0 saturated carbocycles. The van der Waals surface area contributed by atoms with Crippen molar-refractivity contribution in [2.75, 3.05) is 0 Å². The molecule has 0 bridgehead atoms. The zero-order chi connectivity index (χ0) is 25.4. The van der Waals surface area contributed by atoms with Crippen LogP contribution in [-0.4, -0.2) is 9.97 Å². The molecule has 0 fully saturated rings. The summed E-state index contributed by atoms with van der Waals surface area (Å²) >= 11 is 0. The van der Waals surface area contributed by atoms with E-state index in [0.29, 0.717) is 0 Å². The van der Waals surface area contributed by atoms with Gasteiger partial charge < -0.3 is 0 Å². The number of hydrogen-bond acceptors (Lipinski definition) is 2. The molecule has 0 unspecified atom stereocenters. The quantitative estimate of drug-likeness (QED) is 0.128. The molecule has 0 aromatic carbocycles. The monoisotopic (exact) mass is 486 g/mol. The summed E-state index contributed by atoms with van der Waals surface area (Å²) in [6.07, 6.45) is 33.4. The lowest BCUT2D eigenvalue weighted by atomic mass is 9.96. The first-order valence-electron chi connectivity index (χ1n) is 16.1. The Labute approximate surface area is 220 Å². The molecule has 1 aromatic heterocycles. The fourth-order valence-electron chi connectivity index (χ4n) is 5.26. The maximum absolute atomic E-state index is 5.11. The second-order valence-corrected chi connectivity index (χ2v) is 11.0. The standard InChI is InChI=1S/C33H62N2/c1-5-9-12-15-18-21-24-27-30-31(28-25-22-19-16-13-10-6-2)34-33(8-4)35-32(30)29-26-23-20-17-14-11-7-3/h5-29H2,1-4H3. The van der Waals surface area contributed by atoms with Gasteiger partial charge in [-0.1, -0.05) is 143 Å². The summed E-state index contributed by atoms with van der Waals surface area (Å²) in [6, 6.07) is 0. The molecule has 2 heteroatoms. The van der Waals surface area contributed by atoms with Crippen LogP contribution in [0.25, 0.3) is 0 Å². The van der Waals surface area contributed by atoms with E-state index in [1.807, 2.05) is 0 Å². The van der Waals surface area contributed by atoms with Crippen LogP contribution in [0.15, 0.2) is 0 Å². The predicted molar refractivity (Wildman–Crippen MR) is 157 cm³/mol. The molecule has 0 spiro atoms. The van der Waals surface area contributed by atoms with Gasteiger partial charge in [-0.05, 0) is 44.1 Å². The van der Waals surface area contributed by atoms with Crippen LogP contribution >= 0.6 is 0 Å². The molecule has 0 saturated heterocycles. The Balaban J connectivity index is 2.69. The van der Waals surface area contributed by atoms with E-state index in [4.69, 9.17) is 9.97 Å². The highest BCUT2D eigenvalue weighted by Crippen LogP contribution is 2.22. The largest absolute Gasteiger partial charge is 0.238 e. The summed E-state index contributed by atoms with van der Waals surface area (Å²) in [7, 11) is 0. The molecule has 204 valence electrons. The minimum absolute atomic E-state index is 0.964. The van der Waals surface area contributed by atoms with Gasteiger partial charge in [0.1, 0.15) is 5.82 Å². The average molecular weight is 487 g/mol. The van der Waals surface area contributed by atoms with E-state index in [1.165, 1.54) is 165 Å². The molecule has 1 rings (SSSR count). The highest BCUT2D eigenvalue weighted by molar-refractivity contribution is 5.27. The molecule has 0 aliphatic heterocycles. The van der Waals surface area contributed by atoms with Gasteiger partial charge in [-0.2, -0.15) is 0 Å². The third-order valence-electron chi connectivity index (χ3n) is 7.61. The molecule has 0 aliphatic carbocycles. The highest BCUT2D eigenvalue weighted by Gasteiger charge is 2.14. The van der Waals surface area contributed by atoms with Crippen molar-refractivity contribution in [3.05, 3.63) is 22.8 Å². The summed E-state index contributed by atoms with van der Waals surface area (Å²) < 4.78 is 0. The molecule has 0 N–H and O–H groups in total. The van der Waals surface area contributed by atoms with Gasteiger partial charge in [-0.25, -0.2) is 9.97 Å². The normalized spacial score (nSPS) is 11.4. The van der Waals surface area contributed by atoms with Crippen LogP contribution in [0.5, 0.6) is 0 Å². The van der Waals surface area contributed by atoms with Crippen LogP contribution in [0.2, 0.25) is 0 Å². The van der Waals surface area contributed by atoms with Crippen molar-refractivity contribution in [2.45, 2.75) is 188 Å². The Hall–Kier alpha value is -0.920. The van der Waals surface area contributed by atoms with Crippen molar-refractivity contribution in [3.8, 4) is 0 Å². The van der Waals surface area contributed by atoms with Gasteiger partial charge in [-0.15, -0.1) is 0 Å². The summed E-state index contributed by atoms with van der Waals surface area (Å²) in [6.45, 7) is 9.13. The molecular weight excluding hydrogens is 424 g/mol. The van der Waals surface area contributed by atoms with E-state index in [0.717, 1.165) is 12.2 Å². The van der Waals surface area contributed by atoms with Gasteiger partial charge >= 0.3 is 0 Å². The number of nitrogens with zero attached hydrogens (tertiary/aromatic N) is 2. The van der Waals surface area contributed by atoms with E-state index in [-0.39, 0.29) is 0 Å². The van der Waals surface area contributed by atoms with Crippen molar-refractivity contribution < 1.29 is 0 Å². The van der Waals surface area contributed by atoms with Crippen LogP contribution < -0.4 is 0 Å². The van der Waals surface area contributed by atoms with Crippen molar-refractivity contribution in [3.63, 3.8) is 0 Å². The minimum Gasteiger partial charge on any atom is -0.238 e. The van der Waals surface area contributed by atoms with E-state index in [9.17, 15) is 0 Å². The van der Waals surface area contributed by atoms with Gasteiger partial charge in [0.15, 0.2) is 0 Å². The maximum atomic E-state index is 5.11. The molecule has 0 atom stereocenters. The molecule has 35 heavy (non-hydrogen) atoms. The van der Waals surface area contributed by atoms with Crippen molar-refractivity contribution in [2.24, 2.45) is 0 Å². The zero-order valence-electron chi connectivity index (χ0n) is 24.6. The molecular formula is C33H62N2. The van der Waals surface area contributed by atoms with E-state index in [2.05, 4.69) is 27.7 Å². The van der Waals surface area contributed by atoms with Crippen molar-refractivity contribution in [1.82, 2.24) is 9.97 Å². The summed E-state index contributed by atoms with van der Waals surface area (Å²) in [5.41, 5.74) is 4.37. The lowest BCUT2D eigenvalue weighted by molar-refractivity contribution is 0.571. The lowest BCUT2D eigenvalue weighted by Gasteiger charge is -2.16. The second kappa shape index (κ2) is 23.5. The van der Waals surface area contributed by atoms with Gasteiger partial charge in [0.2, 0.25) is 0 Å². The first kappa shape index (κ1) is 32.1. The van der Waals surface area contributed by atoms with E-state index >= 15 is 0 Å². The Bertz CT molecular complexity index is 556. The summed E-state index contributed by atoms with van der Waals surface area (Å²) in [5, 5.41) is 0. The smallest absolute Gasteiger partial charge is 0.128 e. The van der Waals surface area contributed by atoms with Gasteiger partial charge in [0.05, 0.1) is 0 Å². The Morgan fingerprint density at radius 3 is 1.03 bits per heavy atom. The van der Waals surface area contributed by atoms with Crippen LogP contribution in [0.3, 0.4) is 0 Å². The van der Waals surface area contributed by atoms with E-state index in [1.54, 1.807) is 5.56 Å². The first-order valence-corrected chi connectivity index (χ1v) is 16.1. The Morgan fingerprint density at radius 1 is 0.371 bits per heavy atom. The van der Waals surface area contributed by atoms with Crippen molar-refractivity contribution in [1.29, 1.82) is 0 Å². The molecule has 2 nitrogen and oxygen atoms in total. The molecule has 1 aromatic rings. The number of unbranched alkanes of at least 4 members (excludes halogenated alkanes) is 18. The maximum Gasteiger partial charge on any atom is 0.128 e. The topological polar surface area (TPSA) is 25.8 Å². The molecule has 1 heterocycles. The van der Waals surface area contributed by atoms with Crippen LogP contribution in [0, 0.1) is 0 Å². The lowest BCUT2D eigenvalue weighted by Crippen LogP contribution is -2.11. The average Bonchev–Trinajstić information content (AvgIpc) is 2.87. The van der Waals surface area contributed by atoms with Gasteiger partial charge in [-0.3, -0.25) is 0 Å². The highest BCUT2D eigenvalue weighted by atomic mass is 14.9. The Morgan fingerprint density at radius 2 is 0.686 bits per heavy atom. The second-order valence-electron chi connectivity index (χ2n) is 11.0. The fourth-order valence-corrected chi connectivity index (χ4v) is 5.26. The number of aromatic nitrogens is 2. The third kappa shape index (κ3) is 16.4. The Kier molecular flexibility index (Phi) is 21.5. The van der Waals surface area contributed by atoms with Crippen LogP contribution in [0.4, 0.5) is 0 Å². The molecule has 0 aliphatic rings.